The lowest BCUT2D eigenvalue weighted by Gasteiger charge is -2.11. The number of methoxy groups -OCH3 is 2. The van der Waals surface area contributed by atoms with E-state index in [-0.39, 0.29) is 6.42 Å². The molecule has 0 aromatic carbocycles. The lowest BCUT2D eigenvalue weighted by molar-refractivity contribution is -0.151. The number of rotatable bonds is 2. The van der Waals surface area contributed by atoms with Crippen molar-refractivity contribution in [1.82, 2.24) is 0 Å². The molecule has 5 heteroatoms. The van der Waals surface area contributed by atoms with Crippen LogP contribution in [0.25, 0.3) is 0 Å². The molecule has 0 aliphatic heterocycles. The van der Waals surface area contributed by atoms with Gasteiger partial charge in [-0.2, -0.15) is 0 Å². The van der Waals surface area contributed by atoms with E-state index in [2.05, 4.69) is 9.47 Å². The van der Waals surface area contributed by atoms with Gasteiger partial charge >= 0.3 is 11.9 Å². The summed E-state index contributed by atoms with van der Waals surface area (Å²) in [6.07, 6.45) is 0.265. The van der Waals surface area contributed by atoms with E-state index in [4.69, 9.17) is 11.6 Å². The maximum absolute atomic E-state index is 11.2. The standard InChI is InChI=1S/C8H11ClO4/c1-7(5(10)12-2)4-8(7,9)6(11)13-3/h4H2,1-3H3/t7-,8-/m1/s1. The van der Waals surface area contributed by atoms with E-state index in [0.717, 1.165) is 0 Å². The molecule has 1 rings (SSSR count). The molecule has 74 valence electrons. The van der Waals surface area contributed by atoms with Gasteiger partial charge in [0, 0.05) is 0 Å². The van der Waals surface area contributed by atoms with E-state index in [1.165, 1.54) is 14.2 Å². The van der Waals surface area contributed by atoms with Gasteiger partial charge in [0.2, 0.25) is 0 Å². The third kappa shape index (κ3) is 1.20. The van der Waals surface area contributed by atoms with Gasteiger partial charge in [-0.25, -0.2) is 0 Å². The maximum Gasteiger partial charge on any atom is 0.328 e. The van der Waals surface area contributed by atoms with Crippen LogP contribution in [-0.2, 0) is 19.1 Å². The Kier molecular flexibility index (Phi) is 2.28. The molecule has 1 aliphatic carbocycles. The van der Waals surface area contributed by atoms with E-state index in [1.807, 2.05) is 0 Å². The van der Waals surface area contributed by atoms with Crippen LogP contribution in [0.3, 0.4) is 0 Å². The third-order valence-electron chi connectivity index (χ3n) is 2.49. The summed E-state index contributed by atoms with van der Waals surface area (Å²) in [5, 5.41) is 0. The highest BCUT2D eigenvalue weighted by Gasteiger charge is 2.74. The van der Waals surface area contributed by atoms with Crippen LogP contribution in [0.1, 0.15) is 13.3 Å². The number of hydrogen-bond acceptors (Lipinski definition) is 4. The first-order chi connectivity index (χ1) is 5.92. The van der Waals surface area contributed by atoms with Crippen LogP contribution in [0.2, 0.25) is 0 Å². The molecule has 0 spiro atoms. The van der Waals surface area contributed by atoms with Crippen LogP contribution in [0.5, 0.6) is 0 Å². The van der Waals surface area contributed by atoms with Crippen LogP contribution in [0, 0.1) is 5.41 Å². The quantitative estimate of drug-likeness (QED) is 0.494. The lowest BCUT2D eigenvalue weighted by Crippen LogP contribution is -2.30. The van der Waals surface area contributed by atoms with Crippen molar-refractivity contribution in [2.24, 2.45) is 5.41 Å². The van der Waals surface area contributed by atoms with Crippen LogP contribution in [0.4, 0.5) is 0 Å². The zero-order valence-electron chi connectivity index (χ0n) is 7.72. The molecule has 0 N–H and O–H groups in total. The van der Waals surface area contributed by atoms with Crippen molar-refractivity contribution in [3.63, 3.8) is 0 Å². The second kappa shape index (κ2) is 2.87. The number of esters is 2. The molecule has 4 nitrogen and oxygen atoms in total. The molecule has 0 amide bonds. The molecule has 0 heterocycles. The van der Waals surface area contributed by atoms with Gasteiger partial charge in [-0.05, 0) is 13.3 Å². The first kappa shape index (κ1) is 10.3. The predicted molar refractivity (Wildman–Crippen MR) is 45.3 cm³/mol. The zero-order chi connectivity index (χ0) is 10.3. The average molecular weight is 207 g/mol. The Hall–Kier alpha value is -0.770. The minimum Gasteiger partial charge on any atom is -0.469 e. The highest BCUT2D eigenvalue weighted by molar-refractivity contribution is 6.39. The molecule has 1 saturated carbocycles. The van der Waals surface area contributed by atoms with E-state index in [9.17, 15) is 9.59 Å². The van der Waals surface area contributed by atoms with Gasteiger partial charge in [0.25, 0.3) is 0 Å². The number of hydrogen-bond donors (Lipinski definition) is 0. The monoisotopic (exact) mass is 206 g/mol. The maximum atomic E-state index is 11.2. The first-order valence-corrected chi connectivity index (χ1v) is 4.16. The third-order valence-corrected chi connectivity index (χ3v) is 3.20. The highest BCUT2D eigenvalue weighted by atomic mass is 35.5. The highest BCUT2D eigenvalue weighted by Crippen LogP contribution is 2.62. The summed E-state index contributed by atoms with van der Waals surface area (Å²) in [5.74, 6) is -1.06. The zero-order valence-corrected chi connectivity index (χ0v) is 8.47. The molecule has 0 bridgehead atoms. The molecule has 2 atom stereocenters. The van der Waals surface area contributed by atoms with E-state index in [0.29, 0.717) is 0 Å². The summed E-state index contributed by atoms with van der Waals surface area (Å²) in [6, 6.07) is 0. The van der Waals surface area contributed by atoms with Crippen molar-refractivity contribution in [3.05, 3.63) is 0 Å². The molecule has 0 aromatic rings. The van der Waals surface area contributed by atoms with E-state index in [1.54, 1.807) is 6.92 Å². The molecule has 0 unspecified atom stereocenters. The smallest absolute Gasteiger partial charge is 0.328 e. The van der Waals surface area contributed by atoms with E-state index < -0.39 is 22.2 Å². The summed E-state index contributed by atoms with van der Waals surface area (Å²) in [7, 11) is 2.50. The lowest BCUT2D eigenvalue weighted by atomic mass is 10.1. The van der Waals surface area contributed by atoms with Crippen molar-refractivity contribution >= 4 is 23.5 Å². The molecule has 0 aromatic heterocycles. The van der Waals surface area contributed by atoms with Gasteiger partial charge in [-0.3, -0.25) is 9.59 Å². The number of carbonyl (C=O) groups excluding carboxylic acids is 2. The van der Waals surface area contributed by atoms with Crippen LogP contribution in [0.15, 0.2) is 0 Å². The fourth-order valence-corrected chi connectivity index (χ4v) is 1.78. The SMILES string of the molecule is COC(=O)[C@]1(Cl)C[C@]1(C)C(=O)OC. The van der Waals surface area contributed by atoms with Crippen LogP contribution < -0.4 is 0 Å². The summed E-state index contributed by atoms with van der Waals surface area (Å²) in [4.78, 5) is 21.2. The van der Waals surface area contributed by atoms with Crippen molar-refractivity contribution < 1.29 is 19.1 Å². The van der Waals surface area contributed by atoms with Crippen molar-refractivity contribution in [1.29, 1.82) is 0 Å². The minimum absolute atomic E-state index is 0.265. The minimum atomic E-state index is -1.23. The molecular formula is C8H11ClO4. The normalized spacial score (nSPS) is 36.6. The fraction of sp³-hybridized carbons (Fsp3) is 0.750. The van der Waals surface area contributed by atoms with Gasteiger partial charge < -0.3 is 9.47 Å². The fourth-order valence-electron chi connectivity index (χ4n) is 1.36. The number of ether oxygens (including phenoxy) is 2. The summed E-state index contributed by atoms with van der Waals surface area (Å²) in [6.45, 7) is 1.59. The Morgan fingerprint density at radius 1 is 1.23 bits per heavy atom. The number of alkyl halides is 1. The molecule has 1 aliphatic rings. The molecular weight excluding hydrogens is 196 g/mol. The summed E-state index contributed by atoms with van der Waals surface area (Å²) in [5.41, 5.74) is -0.934. The Bertz CT molecular complexity index is 239. The van der Waals surface area contributed by atoms with E-state index >= 15 is 0 Å². The van der Waals surface area contributed by atoms with Crippen LogP contribution >= 0.6 is 11.6 Å². The Balaban J connectivity index is 2.81. The molecule has 0 radical (unpaired) electrons. The van der Waals surface area contributed by atoms with Gasteiger partial charge in [-0.15, -0.1) is 11.6 Å². The average Bonchev–Trinajstić information content (AvgIpc) is 2.69. The van der Waals surface area contributed by atoms with Gasteiger partial charge in [0.15, 0.2) is 4.87 Å². The van der Waals surface area contributed by atoms with Crippen molar-refractivity contribution in [2.75, 3.05) is 14.2 Å². The molecule has 0 saturated heterocycles. The Morgan fingerprint density at radius 3 is 2.08 bits per heavy atom. The molecule has 13 heavy (non-hydrogen) atoms. The van der Waals surface area contributed by atoms with Gasteiger partial charge in [0.1, 0.15) is 0 Å². The summed E-state index contributed by atoms with van der Waals surface area (Å²) >= 11 is 5.90. The molecule has 1 fully saturated rings. The number of halogens is 1. The van der Waals surface area contributed by atoms with Crippen molar-refractivity contribution in [2.45, 2.75) is 18.2 Å². The van der Waals surface area contributed by atoms with Gasteiger partial charge in [-0.1, -0.05) is 0 Å². The largest absolute Gasteiger partial charge is 0.469 e. The summed E-state index contributed by atoms with van der Waals surface area (Å²) < 4.78 is 9.02. The first-order valence-electron chi connectivity index (χ1n) is 3.78. The Morgan fingerprint density at radius 2 is 1.69 bits per heavy atom. The Labute approximate surface area is 81.1 Å². The van der Waals surface area contributed by atoms with Crippen LogP contribution in [-0.4, -0.2) is 31.0 Å². The topological polar surface area (TPSA) is 52.6 Å². The predicted octanol–water partition coefficient (Wildman–Crippen LogP) is 0.720. The second-order valence-corrected chi connectivity index (χ2v) is 3.94. The second-order valence-electron chi connectivity index (χ2n) is 3.29. The van der Waals surface area contributed by atoms with Crippen molar-refractivity contribution in [3.8, 4) is 0 Å². The van der Waals surface area contributed by atoms with Gasteiger partial charge in [0.05, 0.1) is 19.6 Å². The number of carbonyl (C=O) groups is 2.